The van der Waals surface area contributed by atoms with E-state index in [0.29, 0.717) is 12.0 Å². The van der Waals surface area contributed by atoms with Gasteiger partial charge in [-0.3, -0.25) is 4.68 Å². The maximum atomic E-state index is 4.39. The number of hydrogen-bond acceptors (Lipinski definition) is 2. The smallest absolute Gasteiger partial charge is 0.0524 e. The molecular weight excluding hydrogens is 246 g/mol. The van der Waals surface area contributed by atoms with E-state index in [9.17, 15) is 0 Å². The van der Waals surface area contributed by atoms with Crippen LogP contribution in [0.3, 0.4) is 0 Å². The predicted molar refractivity (Wildman–Crippen MR) is 84.8 cm³/mol. The highest BCUT2D eigenvalue weighted by molar-refractivity contribution is 5.14. The Morgan fingerprint density at radius 3 is 2.80 bits per heavy atom. The standard InChI is InChI=1S/C17H31N3/c1-5-6-14-7-8-15(10-18-13(2)3)17(9-14)16-11-19-20(4)12-16/h11-15,17-18H,5-10H2,1-4H3. The quantitative estimate of drug-likeness (QED) is 0.859. The van der Waals surface area contributed by atoms with E-state index in [0.717, 1.165) is 18.4 Å². The van der Waals surface area contributed by atoms with Crippen molar-refractivity contribution in [1.29, 1.82) is 0 Å². The summed E-state index contributed by atoms with van der Waals surface area (Å²) in [6, 6.07) is 0.581. The van der Waals surface area contributed by atoms with Gasteiger partial charge in [0.2, 0.25) is 0 Å². The highest BCUT2D eigenvalue weighted by Crippen LogP contribution is 2.41. The highest BCUT2D eigenvalue weighted by atomic mass is 15.2. The molecule has 0 radical (unpaired) electrons. The molecule has 20 heavy (non-hydrogen) atoms. The minimum Gasteiger partial charge on any atom is -0.314 e. The Morgan fingerprint density at radius 2 is 2.20 bits per heavy atom. The van der Waals surface area contributed by atoms with E-state index in [-0.39, 0.29) is 0 Å². The van der Waals surface area contributed by atoms with E-state index in [1.807, 2.05) is 11.7 Å². The molecule has 1 fully saturated rings. The van der Waals surface area contributed by atoms with Gasteiger partial charge in [0.05, 0.1) is 6.20 Å². The SMILES string of the molecule is CCCC1CCC(CNC(C)C)C(c2cnn(C)c2)C1. The van der Waals surface area contributed by atoms with Crippen molar-refractivity contribution in [2.75, 3.05) is 6.54 Å². The molecule has 1 saturated carbocycles. The van der Waals surface area contributed by atoms with Crippen molar-refractivity contribution in [2.24, 2.45) is 18.9 Å². The molecule has 114 valence electrons. The first-order chi connectivity index (χ1) is 9.60. The molecule has 1 aliphatic rings. The van der Waals surface area contributed by atoms with Crippen LogP contribution >= 0.6 is 0 Å². The summed E-state index contributed by atoms with van der Waals surface area (Å²) in [5.41, 5.74) is 1.45. The zero-order valence-electron chi connectivity index (χ0n) is 13.6. The number of rotatable bonds is 6. The summed E-state index contributed by atoms with van der Waals surface area (Å²) in [6.07, 6.45) is 11.1. The molecule has 3 heteroatoms. The number of nitrogens with one attached hydrogen (secondary N) is 1. The molecular formula is C17H31N3. The fourth-order valence-corrected chi connectivity index (χ4v) is 3.66. The van der Waals surface area contributed by atoms with E-state index >= 15 is 0 Å². The molecule has 3 atom stereocenters. The lowest BCUT2D eigenvalue weighted by molar-refractivity contribution is 0.217. The van der Waals surface area contributed by atoms with E-state index in [4.69, 9.17) is 0 Å². The normalized spacial score (nSPS) is 27.1. The van der Waals surface area contributed by atoms with E-state index in [2.05, 4.69) is 43.6 Å². The lowest BCUT2D eigenvalue weighted by Crippen LogP contribution is -2.35. The van der Waals surface area contributed by atoms with Gasteiger partial charge < -0.3 is 5.32 Å². The summed E-state index contributed by atoms with van der Waals surface area (Å²) >= 11 is 0. The van der Waals surface area contributed by atoms with Crippen LogP contribution in [-0.4, -0.2) is 22.4 Å². The van der Waals surface area contributed by atoms with Crippen molar-refractivity contribution in [2.45, 2.75) is 64.8 Å². The summed E-state index contributed by atoms with van der Waals surface area (Å²) in [4.78, 5) is 0. The zero-order valence-corrected chi connectivity index (χ0v) is 13.6. The Kier molecular flexibility index (Phi) is 5.64. The van der Waals surface area contributed by atoms with Crippen molar-refractivity contribution >= 4 is 0 Å². The molecule has 0 amide bonds. The van der Waals surface area contributed by atoms with Gasteiger partial charge in [-0.05, 0) is 42.7 Å². The molecule has 0 aromatic carbocycles. The maximum absolute atomic E-state index is 4.39. The first-order valence-corrected chi connectivity index (χ1v) is 8.32. The largest absolute Gasteiger partial charge is 0.314 e. The predicted octanol–water partition coefficient (Wildman–Crippen LogP) is 3.72. The summed E-state index contributed by atoms with van der Waals surface area (Å²) in [5, 5.41) is 8.03. The van der Waals surface area contributed by atoms with Crippen LogP contribution in [-0.2, 0) is 7.05 Å². The minimum absolute atomic E-state index is 0.581. The first kappa shape index (κ1) is 15.6. The molecule has 0 saturated heterocycles. The monoisotopic (exact) mass is 277 g/mol. The molecule has 1 aromatic rings. The van der Waals surface area contributed by atoms with Crippen molar-refractivity contribution < 1.29 is 0 Å². The van der Waals surface area contributed by atoms with Gasteiger partial charge in [0.1, 0.15) is 0 Å². The second-order valence-electron chi connectivity index (χ2n) is 6.84. The minimum atomic E-state index is 0.581. The highest BCUT2D eigenvalue weighted by Gasteiger charge is 2.31. The summed E-state index contributed by atoms with van der Waals surface area (Å²) < 4.78 is 1.95. The number of aromatic nitrogens is 2. The first-order valence-electron chi connectivity index (χ1n) is 8.32. The van der Waals surface area contributed by atoms with Gasteiger partial charge >= 0.3 is 0 Å². The third kappa shape index (κ3) is 4.08. The molecule has 2 rings (SSSR count). The third-order valence-electron chi connectivity index (χ3n) is 4.74. The van der Waals surface area contributed by atoms with Crippen molar-refractivity contribution in [3.05, 3.63) is 18.0 Å². The molecule has 0 bridgehead atoms. The van der Waals surface area contributed by atoms with Crippen LogP contribution in [0.1, 0.15) is 64.4 Å². The summed E-state index contributed by atoms with van der Waals surface area (Å²) in [5.74, 6) is 2.38. The Hall–Kier alpha value is -0.830. The number of hydrogen-bond donors (Lipinski definition) is 1. The molecule has 3 nitrogen and oxygen atoms in total. The molecule has 3 unspecified atom stereocenters. The van der Waals surface area contributed by atoms with Crippen molar-refractivity contribution in [3.63, 3.8) is 0 Å². The van der Waals surface area contributed by atoms with Gasteiger partial charge in [0.25, 0.3) is 0 Å². The van der Waals surface area contributed by atoms with E-state index < -0.39 is 0 Å². The van der Waals surface area contributed by atoms with Gasteiger partial charge in [-0.15, -0.1) is 0 Å². The van der Waals surface area contributed by atoms with Crippen LogP contribution in [0, 0.1) is 11.8 Å². The lowest BCUT2D eigenvalue weighted by atomic mass is 9.70. The van der Waals surface area contributed by atoms with Gasteiger partial charge in [-0.1, -0.05) is 40.0 Å². The van der Waals surface area contributed by atoms with Gasteiger partial charge in [-0.25, -0.2) is 0 Å². The van der Waals surface area contributed by atoms with Gasteiger partial charge in [0, 0.05) is 19.3 Å². The second kappa shape index (κ2) is 7.26. The van der Waals surface area contributed by atoms with Crippen LogP contribution in [0.25, 0.3) is 0 Å². The molecule has 0 spiro atoms. The van der Waals surface area contributed by atoms with Crippen LogP contribution < -0.4 is 5.32 Å². The Bertz CT molecular complexity index is 397. The Labute approximate surface area is 124 Å². The molecule has 1 aliphatic carbocycles. The van der Waals surface area contributed by atoms with Crippen molar-refractivity contribution in [1.82, 2.24) is 15.1 Å². The molecule has 0 aliphatic heterocycles. The fourth-order valence-electron chi connectivity index (χ4n) is 3.66. The second-order valence-corrected chi connectivity index (χ2v) is 6.84. The summed E-state index contributed by atoms with van der Waals surface area (Å²) in [6.45, 7) is 7.94. The third-order valence-corrected chi connectivity index (χ3v) is 4.74. The van der Waals surface area contributed by atoms with Crippen molar-refractivity contribution in [3.8, 4) is 0 Å². The number of nitrogens with zero attached hydrogens (tertiary/aromatic N) is 2. The average molecular weight is 277 g/mol. The molecule has 1 heterocycles. The lowest BCUT2D eigenvalue weighted by Gasteiger charge is -2.36. The Balaban J connectivity index is 2.05. The maximum Gasteiger partial charge on any atom is 0.0524 e. The molecule has 1 N–H and O–H groups in total. The van der Waals surface area contributed by atoms with Crippen LogP contribution in [0.5, 0.6) is 0 Å². The fraction of sp³-hybridized carbons (Fsp3) is 0.824. The summed E-state index contributed by atoms with van der Waals surface area (Å²) in [7, 11) is 2.03. The van der Waals surface area contributed by atoms with Gasteiger partial charge in [-0.2, -0.15) is 5.10 Å². The average Bonchev–Trinajstić information content (AvgIpc) is 2.84. The van der Waals surface area contributed by atoms with Crippen LogP contribution in [0.4, 0.5) is 0 Å². The zero-order chi connectivity index (χ0) is 14.5. The van der Waals surface area contributed by atoms with Crippen LogP contribution in [0.15, 0.2) is 12.4 Å². The van der Waals surface area contributed by atoms with Gasteiger partial charge in [0.15, 0.2) is 0 Å². The topological polar surface area (TPSA) is 29.9 Å². The van der Waals surface area contributed by atoms with E-state index in [1.165, 1.54) is 37.7 Å². The molecule has 1 aromatic heterocycles. The van der Waals surface area contributed by atoms with E-state index in [1.54, 1.807) is 0 Å². The van der Waals surface area contributed by atoms with Crippen LogP contribution in [0.2, 0.25) is 0 Å². The number of aryl methyl sites for hydroxylation is 1. The Morgan fingerprint density at radius 1 is 1.40 bits per heavy atom.